The van der Waals surface area contributed by atoms with Crippen LogP contribution in [-0.2, 0) is 9.53 Å². The lowest BCUT2D eigenvalue weighted by Gasteiger charge is -2.35. The van der Waals surface area contributed by atoms with Gasteiger partial charge in [-0.3, -0.25) is 9.69 Å². The first-order valence-electron chi connectivity index (χ1n) is 8.57. The molecule has 118 valence electrons. The summed E-state index contributed by atoms with van der Waals surface area (Å²) in [5.41, 5.74) is 0. The van der Waals surface area contributed by atoms with Crippen molar-refractivity contribution in [2.45, 2.75) is 44.6 Å². The fraction of sp³-hybridized carbons (Fsp3) is 0.824. The molecule has 2 atom stereocenters. The Morgan fingerprint density at radius 2 is 2.05 bits per heavy atom. The standard InChI is InChI=1S/C17H28N2O2/c20-17(15-4-2-1-3-5-15)18-12-14-6-9-19(10-7-14)16-8-11-21-13-16/h1-2,14-16H,3-13H2,(H,18,20). The van der Waals surface area contributed by atoms with Gasteiger partial charge in [-0.1, -0.05) is 12.2 Å². The Labute approximate surface area is 127 Å². The minimum atomic E-state index is 0.214. The lowest BCUT2D eigenvalue weighted by Crippen LogP contribution is -2.44. The van der Waals surface area contributed by atoms with Gasteiger partial charge < -0.3 is 10.1 Å². The van der Waals surface area contributed by atoms with E-state index in [-0.39, 0.29) is 11.8 Å². The van der Waals surface area contributed by atoms with Crippen LogP contribution >= 0.6 is 0 Å². The summed E-state index contributed by atoms with van der Waals surface area (Å²) in [6.45, 7) is 5.04. The second kappa shape index (κ2) is 7.41. The van der Waals surface area contributed by atoms with Crippen LogP contribution in [0.3, 0.4) is 0 Å². The van der Waals surface area contributed by atoms with Gasteiger partial charge in [0.25, 0.3) is 0 Å². The number of nitrogens with one attached hydrogen (secondary N) is 1. The van der Waals surface area contributed by atoms with Gasteiger partial charge in [-0.05, 0) is 57.5 Å². The molecule has 2 heterocycles. The maximum Gasteiger partial charge on any atom is 0.223 e. The molecule has 0 saturated carbocycles. The summed E-state index contributed by atoms with van der Waals surface area (Å²) in [5, 5.41) is 3.19. The van der Waals surface area contributed by atoms with E-state index >= 15 is 0 Å². The summed E-state index contributed by atoms with van der Waals surface area (Å²) in [4.78, 5) is 14.7. The van der Waals surface area contributed by atoms with Crippen LogP contribution in [0.25, 0.3) is 0 Å². The molecule has 1 amide bonds. The number of hydrogen-bond acceptors (Lipinski definition) is 3. The fourth-order valence-electron chi connectivity index (χ4n) is 3.75. The SMILES string of the molecule is O=C(NCC1CCN(C2CCOC2)CC1)C1CC=CCC1. The van der Waals surface area contributed by atoms with Gasteiger partial charge in [0.05, 0.1) is 6.61 Å². The first-order chi connectivity index (χ1) is 10.3. The third-order valence-electron chi connectivity index (χ3n) is 5.28. The highest BCUT2D eigenvalue weighted by molar-refractivity contribution is 5.78. The molecule has 4 heteroatoms. The van der Waals surface area contributed by atoms with Crippen molar-refractivity contribution < 1.29 is 9.53 Å². The molecule has 1 N–H and O–H groups in total. The van der Waals surface area contributed by atoms with Gasteiger partial charge in [0.2, 0.25) is 5.91 Å². The lowest BCUT2D eigenvalue weighted by molar-refractivity contribution is -0.125. The Hall–Kier alpha value is -0.870. The minimum Gasteiger partial charge on any atom is -0.380 e. The third kappa shape index (κ3) is 4.07. The maximum atomic E-state index is 12.1. The van der Waals surface area contributed by atoms with Gasteiger partial charge in [-0.25, -0.2) is 0 Å². The molecule has 1 aliphatic carbocycles. The largest absolute Gasteiger partial charge is 0.380 e. The number of carbonyl (C=O) groups is 1. The zero-order valence-electron chi connectivity index (χ0n) is 12.9. The van der Waals surface area contributed by atoms with Crippen LogP contribution in [0.4, 0.5) is 0 Å². The molecule has 4 nitrogen and oxygen atoms in total. The van der Waals surface area contributed by atoms with Crippen molar-refractivity contribution in [3.63, 3.8) is 0 Å². The summed E-state index contributed by atoms with van der Waals surface area (Å²) in [5.74, 6) is 1.14. The van der Waals surface area contributed by atoms with Crippen molar-refractivity contribution in [1.29, 1.82) is 0 Å². The number of rotatable bonds is 4. The summed E-state index contributed by atoms with van der Waals surface area (Å²) in [6, 6.07) is 0.648. The number of piperidine rings is 1. The molecule has 0 bridgehead atoms. The smallest absolute Gasteiger partial charge is 0.223 e. The van der Waals surface area contributed by atoms with Gasteiger partial charge in [0, 0.05) is 25.1 Å². The van der Waals surface area contributed by atoms with E-state index < -0.39 is 0 Å². The predicted octanol–water partition coefficient (Wildman–Crippen LogP) is 1.96. The average Bonchev–Trinajstić information content (AvgIpc) is 3.08. The summed E-state index contributed by atoms with van der Waals surface area (Å²) < 4.78 is 5.48. The van der Waals surface area contributed by atoms with E-state index in [1.807, 2.05) is 0 Å². The van der Waals surface area contributed by atoms with E-state index in [0.29, 0.717) is 12.0 Å². The zero-order chi connectivity index (χ0) is 14.5. The Morgan fingerprint density at radius 1 is 1.19 bits per heavy atom. The number of allylic oxidation sites excluding steroid dienone is 2. The van der Waals surface area contributed by atoms with Crippen LogP contribution < -0.4 is 5.32 Å². The normalized spacial score (nSPS) is 31.4. The monoisotopic (exact) mass is 292 g/mol. The summed E-state index contributed by atoms with van der Waals surface area (Å²) in [7, 11) is 0. The minimum absolute atomic E-state index is 0.214. The van der Waals surface area contributed by atoms with Crippen molar-refractivity contribution in [2.24, 2.45) is 11.8 Å². The highest BCUT2D eigenvalue weighted by atomic mass is 16.5. The molecule has 0 aromatic heterocycles. The maximum absolute atomic E-state index is 12.1. The van der Waals surface area contributed by atoms with E-state index in [1.165, 1.54) is 32.4 Å². The molecule has 0 aromatic rings. The number of ether oxygens (including phenoxy) is 1. The molecule has 0 aromatic carbocycles. The van der Waals surface area contributed by atoms with Crippen molar-refractivity contribution in [2.75, 3.05) is 32.8 Å². The molecule has 2 saturated heterocycles. The molecule has 3 rings (SSSR count). The van der Waals surface area contributed by atoms with Crippen LogP contribution in [-0.4, -0.2) is 49.7 Å². The van der Waals surface area contributed by atoms with E-state index in [9.17, 15) is 4.79 Å². The molecule has 2 unspecified atom stereocenters. The van der Waals surface area contributed by atoms with Crippen LogP contribution in [0.5, 0.6) is 0 Å². The molecule has 2 fully saturated rings. The highest BCUT2D eigenvalue weighted by Crippen LogP contribution is 2.22. The van der Waals surface area contributed by atoms with Crippen molar-refractivity contribution in [3.05, 3.63) is 12.2 Å². The van der Waals surface area contributed by atoms with Crippen LogP contribution in [0.2, 0.25) is 0 Å². The van der Waals surface area contributed by atoms with Gasteiger partial charge in [0.1, 0.15) is 0 Å². The zero-order valence-corrected chi connectivity index (χ0v) is 12.9. The van der Waals surface area contributed by atoms with Gasteiger partial charge in [-0.15, -0.1) is 0 Å². The second-order valence-corrected chi connectivity index (χ2v) is 6.72. The molecule has 2 aliphatic heterocycles. The quantitative estimate of drug-likeness (QED) is 0.805. The predicted molar refractivity (Wildman–Crippen MR) is 83.0 cm³/mol. The summed E-state index contributed by atoms with van der Waals surface area (Å²) in [6.07, 6.45) is 10.9. The Bertz CT molecular complexity index is 369. The molecule has 0 spiro atoms. The van der Waals surface area contributed by atoms with Crippen LogP contribution in [0.1, 0.15) is 38.5 Å². The average molecular weight is 292 g/mol. The van der Waals surface area contributed by atoms with E-state index in [0.717, 1.165) is 39.0 Å². The van der Waals surface area contributed by atoms with E-state index in [4.69, 9.17) is 4.74 Å². The highest BCUT2D eigenvalue weighted by Gasteiger charge is 2.28. The fourth-order valence-corrected chi connectivity index (χ4v) is 3.75. The molecule has 3 aliphatic rings. The number of likely N-dealkylation sites (tertiary alicyclic amines) is 1. The van der Waals surface area contributed by atoms with Crippen molar-refractivity contribution >= 4 is 5.91 Å². The topological polar surface area (TPSA) is 41.6 Å². The number of hydrogen-bond donors (Lipinski definition) is 1. The lowest BCUT2D eigenvalue weighted by atomic mass is 9.92. The van der Waals surface area contributed by atoms with Crippen molar-refractivity contribution in [3.8, 4) is 0 Å². The molecule has 0 radical (unpaired) electrons. The summed E-state index contributed by atoms with van der Waals surface area (Å²) >= 11 is 0. The third-order valence-corrected chi connectivity index (χ3v) is 5.28. The van der Waals surface area contributed by atoms with E-state index in [1.54, 1.807) is 0 Å². The number of nitrogens with zero attached hydrogens (tertiary/aromatic N) is 1. The van der Waals surface area contributed by atoms with Gasteiger partial charge in [-0.2, -0.15) is 0 Å². The molecular formula is C17H28N2O2. The van der Waals surface area contributed by atoms with Crippen LogP contribution in [0, 0.1) is 11.8 Å². The van der Waals surface area contributed by atoms with E-state index in [2.05, 4.69) is 22.4 Å². The first-order valence-corrected chi connectivity index (χ1v) is 8.57. The number of carbonyl (C=O) groups excluding carboxylic acids is 1. The molecular weight excluding hydrogens is 264 g/mol. The van der Waals surface area contributed by atoms with Gasteiger partial charge >= 0.3 is 0 Å². The Balaban J connectivity index is 1.35. The molecule has 21 heavy (non-hydrogen) atoms. The van der Waals surface area contributed by atoms with Gasteiger partial charge in [0.15, 0.2) is 0 Å². The first kappa shape index (κ1) is 15.0. The Morgan fingerprint density at radius 3 is 2.71 bits per heavy atom. The second-order valence-electron chi connectivity index (χ2n) is 6.72. The Kier molecular flexibility index (Phi) is 5.31. The van der Waals surface area contributed by atoms with Crippen LogP contribution in [0.15, 0.2) is 12.2 Å². The number of amides is 1. The van der Waals surface area contributed by atoms with Crippen molar-refractivity contribution in [1.82, 2.24) is 10.2 Å².